The summed E-state index contributed by atoms with van der Waals surface area (Å²) in [6, 6.07) is 60.0. The molecule has 3 heteroatoms. The molecule has 0 radical (unpaired) electrons. The summed E-state index contributed by atoms with van der Waals surface area (Å²) in [6.45, 7) is 4.50. The fourth-order valence-electron chi connectivity index (χ4n) is 5.37. The maximum Gasteiger partial charge on any atom is 0.0591 e. The minimum atomic E-state index is -0.947. The molecule has 0 atom stereocenters. The van der Waals surface area contributed by atoms with Gasteiger partial charge in [-0.3, -0.25) is 0 Å². The van der Waals surface area contributed by atoms with E-state index in [1.807, 2.05) is 0 Å². The van der Waals surface area contributed by atoms with Gasteiger partial charge in [0.15, 0.2) is 0 Å². The van der Waals surface area contributed by atoms with Crippen LogP contribution in [-0.2, 0) is 0 Å². The fourth-order valence-corrected chi connectivity index (χ4v) is 11.5. The van der Waals surface area contributed by atoms with Gasteiger partial charge in [-0.25, -0.2) is 0 Å². The Balaban J connectivity index is 1.73. The van der Waals surface area contributed by atoms with E-state index in [0.717, 1.165) is 0 Å². The Morgan fingerprint density at radius 1 is 0.415 bits per heavy atom. The number of nitrogens with zero attached hydrogens (tertiary/aromatic N) is 1. The third kappa shape index (κ3) is 5.89. The minimum absolute atomic E-state index is 0.947. The molecule has 0 amide bonds. The fraction of sp³-hybridized carbons (Fsp3) is 0.0526. The first-order valence-corrected chi connectivity index (χ1v) is 16.6. The van der Waals surface area contributed by atoms with Gasteiger partial charge in [0.05, 0.1) is 21.8 Å². The molecule has 0 bridgehead atoms. The summed E-state index contributed by atoms with van der Waals surface area (Å²) in [5.41, 5.74) is 6.40. The van der Waals surface area contributed by atoms with E-state index >= 15 is 0 Å². The second-order valence-corrected chi connectivity index (χ2v) is 14.5. The summed E-state index contributed by atoms with van der Waals surface area (Å²) < 4.78 is 2.80. The number of benzene rings is 6. The average Bonchev–Trinajstić information content (AvgIpc) is 3.03. The van der Waals surface area contributed by atoms with Crippen LogP contribution in [0, 0.1) is 13.8 Å². The zero-order valence-corrected chi connectivity index (χ0v) is 25.2. The summed E-state index contributed by atoms with van der Waals surface area (Å²) in [5, 5.41) is 5.36. The summed E-state index contributed by atoms with van der Waals surface area (Å²) >= 11 is 0. The van der Waals surface area contributed by atoms with Crippen LogP contribution in [0.25, 0.3) is 11.1 Å². The average molecular weight is 566 g/mol. The molecule has 0 fully saturated rings. The molecule has 6 aromatic rings. The lowest BCUT2D eigenvalue weighted by atomic mass is 9.98. The molecule has 1 nitrogen and oxygen atoms in total. The Hall–Kier alpha value is -4.02. The van der Waals surface area contributed by atoms with Gasteiger partial charge in [-0.05, 0) is 31.0 Å². The second-order valence-electron chi connectivity index (χ2n) is 10.1. The van der Waals surface area contributed by atoms with Gasteiger partial charge in [0.25, 0.3) is 0 Å². The van der Waals surface area contributed by atoms with E-state index in [4.69, 9.17) is 0 Å². The van der Waals surface area contributed by atoms with Gasteiger partial charge in [-0.2, -0.15) is 0 Å². The van der Waals surface area contributed by atoms with Crippen molar-refractivity contribution in [1.29, 1.82) is 0 Å². The highest BCUT2D eigenvalue weighted by molar-refractivity contribution is 7.90. The first kappa shape index (κ1) is 27.2. The van der Waals surface area contributed by atoms with Crippen molar-refractivity contribution in [2.45, 2.75) is 13.8 Å². The summed E-state index contributed by atoms with van der Waals surface area (Å²) in [4.78, 5) is 0. The zero-order chi connectivity index (χ0) is 28.0. The standard InChI is InChI=1S/C38H33NP2/c1-30-28-31(2)38(37(29-30)32-18-8-3-9-19-32)39(40(33-20-10-4-11-21-33)34-22-12-5-13-23-34)41(35-24-14-6-15-25-35)36-26-16-7-17-27-36/h3-29H,1-2H3. The monoisotopic (exact) mass is 565 g/mol. The van der Waals surface area contributed by atoms with E-state index in [1.165, 1.54) is 49.2 Å². The molecule has 0 saturated heterocycles. The summed E-state index contributed by atoms with van der Waals surface area (Å²) in [6.07, 6.45) is 0. The summed E-state index contributed by atoms with van der Waals surface area (Å²) in [5.74, 6) is 0. The smallest absolute Gasteiger partial charge is 0.0591 e. The topological polar surface area (TPSA) is 3.24 Å². The highest BCUT2D eigenvalue weighted by Gasteiger charge is 2.34. The largest absolute Gasteiger partial charge is 0.312 e. The van der Waals surface area contributed by atoms with Crippen molar-refractivity contribution in [1.82, 2.24) is 0 Å². The quantitative estimate of drug-likeness (QED) is 0.167. The van der Waals surface area contributed by atoms with E-state index in [1.54, 1.807) is 0 Å². The second kappa shape index (κ2) is 12.7. The van der Waals surface area contributed by atoms with E-state index in [-0.39, 0.29) is 0 Å². The van der Waals surface area contributed by atoms with Crippen LogP contribution in [0.4, 0.5) is 5.69 Å². The Bertz CT molecular complexity index is 1530. The van der Waals surface area contributed by atoms with Gasteiger partial charge in [0, 0.05) is 26.8 Å². The predicted molar refractivity (Wildman–Crippen MR) is 182 cm³/mol. The lowest BCUT2D eigenvalue weighted by Gasteiger charge is -2.42. The van der Waals surface area contributed by atoms with Gasteiger partial charge in [0.1, 0.15) is 0 Å². The third-order valence-corrected chi connectivity index (χ3v) is 12.5. The van der Waals surface area contributed by atoms with Crippen molar-refractivity contribution in [3.63, 3.8) is 0 Å². The highest BCUT2D eigenvalue weighted by atomic mass is 31.2. The van der Waals surface area contributed by atoms with Crippen molar-refractivity contribution in [3.8, 4) is 11.1 Å². The van der Waals surface area contributed by atoms with Crippen molar-refractivity contribution in [2.75, 3.05) is 4.44 Å². The van der Waals surface area contributed by atoms with Crippen LogP contribution < -0.4 is 25.7 Å². The Morgan fingerprint density at radius 3 is 1.12 bits per heavy atom. The van der Waals surface area contributed by atoms with Gasteiger partial charge in [-0.15, -0.1) is 0 Å². The molecular weight excluding hydrogens is 532 g/mol. The molecule has 0 spiro atoms. The molecule has 0 aliphatic rings. The van der Waals surface area contributed by atoms with Crippen LogP contribution >= 0.6 is 16.1 Å². The molecule has 6 aromatic carbocycles. The van der Waals surface area contributed by atoms with Crippen molar-refractivity contribution in [3.05, 3.63) is 175 Å². The van der Waals surface area contributed by atoms with Crippen LogP contribution in [0.15, 0.2) is 164 Å². The maximum absolute atomic E-state index is 2.80. The summed E-state index contributed by atoms with van der Waals surface area (Å²) in [7, 11) is -1.89. The molecular formula is C38H33NP2. The predicted octanol–water partition coefficient (Wildman–Crippen LogP) is 8.87. The number of hydrogen-bond acceptors (Lipinski definition) is 1. The SMILES string of the molecule is Cc1cc(C)c(N(P(c2ccccc2)c2ccccc2)P(c2ccccc2)c2ccccc2)c(-c2ccccc2)c1. The van der Waals surface area contributed by atoms with Gasteiger partial charge >= 0.3 is 0 Å². The normalized spacial score (nSPS) is 11.1. The molecule has 0 N–H and O–H groups in total. The first-order valence-electron chi connectivity index (χ1n) is 14.0. The van der Waals surface area contributed by atoms with E-state index in [0.29, 0.717) is 0 Å². The molecule has 0 unspecified atom stereocenters. The lowest BCUT2D eigenvalue weighted by Crippen LogP contribution is -2.32. The van der Waals surface area contributed by atoms with Crippen LogP contribution in [0.2, 0.25) is 0 Å². The zero-order valence-electron chi connectivity index (χ0n) is 23.4. The van der Waals surface area contributed by atoms with Crippen LogP contribution in [-0.4, -0.2) is 0 Å². The molecule has 200 valence electrons. The van der Waals surface area contributed by atoms with Gasteiger partial charge < -0.3 is 4.44 Å². The maximum atomic E-state index is 2.80. The molecule has 0 aromatic heterocycles. The molecule has 0 aliphatic heterocycles. The molecule has 6 rings (SSSR count). The van der Waals surface area contributed by atoms with Crippen molar-refractivity contribution < 1.29 is 0 Å². The van der Waals surface area contributed by atoms with E-state index in [2.05, 4.69) is 182 Å². The number of aryl methyl sites for hydroxylation is 2. The number of rotatable bonds is 8. The third-order valence-electron chi connectivity index (χ3n) is 7.11. The number of anilines is 1. The van der Waals surface area contributed by atoms with Gasteiger partial charge in [-0.1, -0.05) is 163 Å². The van der Waals surface area contributed by atoms with Crippen molar-refractivity contribution >= 4 is 43.1 Å². The molecule has 0 aliphatic carbocycles. The highest BCUT2D eigenvalue weighted by Crippen LogP contribution is 2.59. The van der Waals surface area contributed by atoms with E-state index in [9.17, 15) is 0 Å². The number of hydrogen-bond donors (Lipinski definition) is 0. The Kier molecular flexibility index (Phi) is 8.39. The van der Waals surface area contributed by atoms with Crippen LogP contribution in [0.5, 0.6) is 0 Å². The lowest BCUT2D eigenvalue weighted by molar-refractivity contribution is 1.36. The Labute approximate surface area is 246 Å². The molecule has 0 heterocycles. The van der Waals surface area contributed by atoms with Crippen LogP contribution in [0.3, 0.4) is 0 Å². The van der Waals surface area contributed by atoms with E-state index < -0.39 is 16.1 Å². The minimum Gasteiger partial charge on any atom is -0.312 e. The van der Waals surface area contributed by atoms with Crippen molar-refractivity contribution in [2.24, 2.45) is 0 Å². The Morgan fingerprint density at radius 2 is 0.756 bits per heavy atom. The van der Waals surface area contributed by atoms with Crippen LogP contribution in [0.1, 0.15) is 11.1 Å². The first-order chi connectivity index (χ1) is 20.2. The van der Waals surface area contributed by atoms with Gasteiger partial charge in [0.2, 0.25) is 0 Å². The molecule has 41 heavy (non-hydrogen) atoms. The molecule has 0 saturated carbocycles.